The summed E-state index contributed by atoms with van der Waals surface area (Å²) in [5.74, 6) is 3.77. The molecule has 2 aliphatic rings. The van der Waals surface area contributed by atoms with Crippen LogP contribution in [0.25, 0.3) is 0 Å². The van der Waals surface area contributed by atoms with Gasteiger partial charge in [0.25, 0.3) is 0 Å². The number of guanidine groups is 1. The van der Waals surface area contributed by atoms with E-state index in [4.69, 9.17) is 9.41 Å². The van der Waals surface area contributed by atoms with Crippen molar-refractivity contribution in [2.24, 2.45) is 16.3 Å². The second-order valence-electron chi connectivity index (χ2n) is 7.00. The zero-order valence-electron chi connectivity index (χ0n) is 14.1. The molecule has 0 radical (unpaired) electrons. The summed E-state index contributed by atoms with van der Waals surface area (Å²) in [6, 6.07) is 4.17. The Balaban J connectivity index is 1.62. The molecule has 0 amide bonds. The molecule has 1 atom stereocenters. The number of aryl methyl sites for hydroxylation is 1. The summed E-state index contributed by atoms with van der Waals surface area (Å²) in [4.78, 5) is 4.89. The number of aliphatic imine (C=N–C) groups is 1. The van der Waals surface area contributed by atoms with E-state index in [9.17, 15) is 0 Å². The average molecular weight is 303 g/mol. The van der Waals surface area contributed by atoms with Crippen LogP contribution in [-0.4, -0.2) is 19.0 Å². The van der Waals surface area contributed by atoms with Crippen LogP contribution in [0.1, 0.15) is 63.5 Å². The van der Waals surface area contributed by atoms with Gasteiger partial charge in [0.05, 0.1) is 6.04 Å². The molecule has 4 heteroatoms. The monoisotopic (exact) mass is 303 g/mol. The van der Waals surface area contributed by atoms with E-state index in [-0.39, 0.29) is 6.04 Å². The molecule has 1 aromatic heterocycles. The zero-order chi connectivity index (χ0) is 15.6. The molecule has 2 fully saturated rings. The number of furan rings is 1. The highest BCUT2D eigenvalue weighted by atomic mass is 16.3. The minimum absolute atomic E-state index is 0.129. The molecule has 1 heterocycles. The van der Waals surface area contributed by atoms with E-state index in [1.54, 1.807) is 0 Å². The molecule has 0 aliphatic heterocycles. The SMILES string of the molecule is CCNC(=NCC1(C2CC2)CCC1)NC(C)c1ccc(C)o1. The molecule has 0 aromatic carbocycles. The van der Waals surface area contributed by atoms with Gasteiger partial charge >= 0.3 is 0 Å². The van der Waals surface area contributed by atoms with Gasteiger partial charge in [-0.15, -0.1) is 0 Å². The van der Waals surface area contributed by atoms with Crippen LogP contribution >= 0.6 is 0 Å². The molecule has 0 saturated heterocycles. The van der Waals surface area contributed by atoms with E-state index in [2.05, 4.69) is 24.5 Å². The Bertz CT molecular complexity index is 526. The zero-order valence-corrected chi connectivity index (χ0v) is 14.1. The summed E-state index contributed by atoms with van der Waals surface area (Å²) in [7, 11) is 0. The lowest BCUT2D eigenvalue weighted by Gasteiger charge is -2.41. The molecule has 2 aliphatic carbocycles. The molecule has 1 unspecified atom stereocenters. The van der Waals surface area contributed by atoms with Crippen molar-refractivity contribution in [1.29, 1.82) is 0 Å². The lowest BCUT2D eigenvalue weighted by Crippen LogP contribution is -2.41. The second kappa shape index (κ2) is 6.35. The molecular weight excluding hydrogens is 274 g/mol. The summed E-state index contributed by atoms with van der Waals surface area (Å²) in [6.07, 6.45) is 6.96. The van der Waals surface area contributed by atoms with E-state index in [1.807, 2.05) is 19.1 Å². The quantitative estimate of drug-likeness (QED) is 0.621. The van der Waals surface area contributed by atoms with Crippen LogP contribution in [0.3, 0.4) is 0 Å². The first-order chi connectivity index (χ1) is 10.6. The highest BCUT2D eigenvalue weighted by molar-refractivity contribution is 5.80. The first kappa shape index (κ1) is 15.4. The molecule has 122 valence electrons. The fraction of sp³-hybridized carbons (Fsp3) is 0.722. The van der Waals surface area contributed by atoms with Gasteiger partial charge in [0.1, 0.15) is 11.5 Å². The molecule has 0 bridgehead atoms. The smallest absolute Gasteiger partial charge is 0.191 e. The molecule has 22 heavy (non-hydrogen) atoms. The van der Waals surface area contributed by atoms with Gasteiger partial charge in [0.2, 0.25) is 0 Å². The van der Waals surface area contributed by atoms with Crippen molar-refractivity contribution in [3.63, 3.8) is 0 Å². The minimum atomic E-state index is 0.129. The Labute approximate surface area is 133 Å². The van der Waals surface area contributed by atoms with Gasteiger partial charge in [-0.05, 0) is 69.9 Å². The topological polar surface area (TPSA) is 49.6 Å². The second-order valence-corrected chi connectivity index (χ2v) is 7.00. The predicted octanol–water partition coefficient (Wildman–Crippen LogP) is 3.78. The molecule has 4 nitrogen and oxygen atoms in total. The Morgan fingerprint density at radius 2 is 2.18 bits per heavy atom. The molecule has 1 aromatic rings. The average Bonchev–Trinajstić information content (AvgIpc) is 3.19. The standard InChI is InChI=1S/C18H29N3O/c1-4-19-17(21-14(3)16-9-6-13(2)22-16)20-12-18(10-5-11-18)15-7-8-15/h6,9,14-15H,4-5,7-8,10-12H2,1-3H3,(H2,19,20,21). The third kappa shape index (κ3) is 3.31. The maximum absolute atomic E-state index is 5.71. The number of hydrogen-bond acceptors (Lipinski definition) is 2. The predicted molar refractivity (Wildman–Crippen MR) is 90.0 cm³/mol. The number of nitrogens with zero attached hydrogens (tertiary/aromatic N) is 1. The molecule has 0 spiro atoms. The summed E-state index contributed by atoms with van der Waals surface area (Å²) >= 11 is 0. The van der Waals surface area contributed by atoms with Crippen molar-refractivity contribution in [3.8, 4) is 0 Å². The fourth-order valence-corrected chi connectivity index (χ4v) is 3.54. The minimum Gasteiger partial charge on any atom is -0.464 e. The molecular formula is C18H29N3O. The van der Waals surface area contributed by atoms with Crippen LogP contribution in [0, 0.1) is 18.3 Å². The first-order valence-electron chi connectivity index (χ1n) is 8.74. The fourth-order valence-electron chi connectivity index (χ4n) is 3.54. The Morgan fingerprint density at radius 3 is 2.68 bits per heavy atom. The van der Waals surface area contributed by atoms with Crippen molar-refractivity contribution in [3.05, 3.63) is 23.7 Å². The van der Waals surface area contributed by atoms with Crippen molar-refractivity contribution in [1.82, 2.24) is 10.6 Å². The first-order valence-corrected chi connectivity index (χ1v) is 8.74. The van der Waals surface area contributed by atoms with E-state index in [1.165, 1.54) is 32.1 Å². The number of hydrogen-bond donors (Lipinski definition) is 2. The van der Waals surface area contributed by atoms with Crippen LogP contribution in [0.4, 0.5) is 0 Å². The maximum Gasteiger partial charge on any atom is 0.191 e. The molecule has 2 N–H and O–H groups in total. The summed E-state index contributed by atoms with van der Waals surface area (Å²) in [6.45, 7) is 8.05. The Hall–Kier alpha value is -1.45. The highest BCUT2D eigenvalue weighted by Gasteiger charge is 2.48. The van der Waals surface area contributed by atoms with E-state index < -0.39 is 0 Å². The van der Waals surface area contributed by atoms with Crippen molar-refractivity contribution >= 4 is 5.96 Å². The van der Waals surface area contributed by atoms with Crippen LogP contribution in [-0.2, 0) is 0 Å². The third-order valence-corrected chi connectivity index (χ3v) is 5.23. The van der Waals surface area contributed by atoms with Crippen LogP contribution in [0.15, 0.2) is 21.5 Å². The van der Waals surface area contributed by atoms with Crippen molar-refractivity contribution in [2.75, 3.05) is 13.1 Å². The highest BCUT2D eigenvalue weighted by Crippen LogP contribution is 2.57. The number of nitrogens with one attached hydrogen (secondary N) is 2. The lowest BCUT2D eigenvalue weighted by molar-refractivity contribution is 0.113. The summed E-state index contributed by atoms with van der Waals surface area (Å²) in [5, 5.41) is 6.84. The van der Waals surface area contributed by atoms with E-state index >= 15 is 0 Å². The number of rotatable bonds is 6. The maximum atomic E-state index is 5.71. The van der Waals surface area contributed by atoms with Crippen LogP contribution in [0.2, 0.25) is 0 Å². The van der Waals surface area contributed by atoms with Crippen LogP contribution < -0.4 is 10.6 Å². The van der Waals surface area contributed by atoms with Gasteiger partial charge < -0.3 is 15.1 Å². The van der Waals surface area contributed by atoms with Gasteiger partial charge in [-0.3, -0.25) is 4.99 Å². The molecule has 2 saturated carbocycles. The van der Waals surface area contributed by atoms with E-state index in [0.29, 0.717) is 5.41 Å². The molecule has 3 rings (SSSR count). The summed E-state index contributed by atoms with van der Waals surface area (Å²) in [5.41, 5.74) is 0.521. The van der Waals surface area contributed by atoms with Crippen LogP contribution in [0.5, 0.6) is 0 Å². The largest absolute Gasteiger partial charge is 0.464 e. The van der Waals surface area contributed by atoms with Gasteiger partial charge in [-0.1, -0.05) is 6.42 Å². The van der Waals surface area contributed by atoms with Gasteiger partial charge in [0, 0.05) is 13.1 Å². The van der Waals surface area contributed by atoms with Crippen molar-refractivity contribution in [2.45, 2.75) is 58.9 Å². The van der Waals surface area contributed by atoms with Gasteiger partial charge in [-0.25, -0.2) is 0 Å². The third-order valence-electron chi connectivity index (χ3n) is 5.23. The Kier molecular flexibility index (Phi) is 4.46. The van der Waals surface area contributed by atoms with Crippen molar-refractivity contribution < 1.29 is 4.42 Å². The van der Waals surface area contributed by atoms with E-state index in [0.717, 1.165) is 36.5 Å². The Morgan fingerprint density at radius 1 is 1.41 bits per heavy atom. The summed E-state index contributed by atoms with van der Waals surface area (Å²) < 4.78 is 5.71. The lowest BCUT2D eigenvalue weighted by atomic mass is 9.65. The normalized spacial score (nSPS) is 22.0. The van der Waals surface area contributed by atoms with Gasteiger partial charge in [-0.2, -0.15) is 0 Å². The van der Waals surface area contributed by atoms with Gasteiger partial charge in [0.15, 0.2) is 5.96 Å².